The largest absolute Gasteiger partial charge is 0.418 e. The maximum Gasteiger partial charge on any atom is 0.418 e. The first-order valence-corrected chi connectivity index (χ1v) is 8.66. The number of likely N-dealkylation sites (tertiary alicyclic amines) is 1. The highest BCUT2D eigenvalue weighted by atomic mass is 35.5. The number of nitrogens with one attached hydrogen (secondary N) is 1. The molecule has 0 aliphatic carbocycles. The Kier molecular flexibility index (Phi) is 5.41. The predicted octanol–water partition coefficient (Wildman–Crippen LogP) is 4.73. The maximum atomic E-state index is 13.1. The Labute approximate surface area is 158 Å². The van der Waals surface area contributed by atoms with Crippen LogP contribution in [-0.2, 0) is 17.5 Å². The van der Waals surface area contributed by atoms with Gasteiger partial charge in [-0.2, -0.15) is 13.2 Å². The molecule has 142 valence electrons. The van der Waals surface area contributed by atoms with Crippen LogP contribution in [0.25, 0.3) is 0 Å². The summed E-state index contributed by atoms with van der Waals surface area (Å²) in [5.41, 5.74) is -0.296. The van der Waals surface area contributed by atoms with Gasteiger partial charge in [0, 0.05) is 30.1 Å². The average molecular weight is 397 g/mol. The number of nitrogens with zero attached hydrogens (tertiary/aromatic N) is 1. The third kappa shape index (κ3) is 4.60. The van der Waals surface area contributed by atoms with Gasteiger partial charge in [0.1, 0.15) is 0 Å². The second-order valence-electron chi connectivity index (χ2n) is 6.26. The molecule has 1 aliphatic heterocycles. The lowest BCUT2D eigenvalue weighted by Crippen LogP contribution is -2.23. The van der Waals surface area contributed by atoms with Gasteiger partial charge in [0.15, 0.2) is 0 Å². The molecular weight excluding hydrogens is 381 g/mol. The van der Waals surface area contributed by atoms with E-state index in [2.05, 4.69) is 5.32 Å². The molecule has 2 amide bonds. The van der Waals surface area contributed by atoms with Crippen molar-refractivity contribution in [3.05, 3.63) is 64.2 Å². The SMILES string of the molecule is O=C(Nc1ccc(Cl)cc1C(F)(F)F)c1ccc(CN2CCCC2=O)cc1. The van der Waals surface area contributed by atoms with Crippen LogP contribution >= 0.6 is 11.6 Å². The third-order valence-corrected chi connectivity index (χ3v) is 4.53. The van der Waals surface area contributed by atoms with Crippen LogP contribution < -0.4 is 5.32 Å². The van der Waals surface area contributed by atoms with Gasteiger partial charge in [0.25, 0.3) is 5.91 Å². The van der Waals surface area contributed by atoms with Crippen LogP contribution in [0.1, 0.15) is 34.3 Å². The van der Waals surface area contributed by atoms with Crippen molar-refractivity contribution in [2.24, 2.45) is 0 Å². The zero-order chi connectivity index (χ0) is 19.6. The molecule has 0 spiro atoms. The quantitative estimate of drug-likeness (QED) is 0.812. The van der Waals surface area contributed by atoms with Crippen LogP contribution in [-0.4, -0.2) is 23.3 Å². The van der Waals surface area contributed by atoms with Gasteiger partial charge in [-0.3, -0.25) is 9.59 Å². The van der Waals surface area contributed by atoms with Crippen LogP contribution in [0.15, 0.2) is 42.5 Å². The van der Waals surface area contributed by atoms with Gasteiger partial charge in [0.05, 0.1) is 11.3 Å². The fourth-order valence-corrected chi connectivity index (χ4v) is 3.08. The first-order valence-electron chi connectivity index (χ1n) is 8.29. The van der Waals surface area contributed by atoms with Crippen molar-refractivity contribution in [3.8, 4) is 0 Å². The van der Waals surface area contributed by atoms with Crippen LogP contribution in [0.5, 0.6) is 0 Å². The zero-order valence-electron chi connectivity index (χ0n) is 14.1. The van der Waals surface area contributed by atoms with Gasteiger partial charge in [0.2, 0.25) is 5.91 Å². The molecule has 1 aliphatic rings. The highest BCUT2D eigenvalue weighted by molar-refractivity contribution is 6.30. The van der Waals surface area contributed by atoms with Crippen molar-refractivity contribution in [2.45, 2.75) is 25.6 Å². The molecule has 1 fully saturated rings. The number of hydrogen-bond donors (Lipinski definition) is 1. The predicted molar refractivity (Wildman–Crippen MR) is 95.5 cm³/mol. The Morgan fingerprint density at radius 1 is 1.15 bits per heavy atom. The fourth-order valence-electron chi connectivity index (χ4n) is 2.91. The summed E-state index contributed by atoms with van der Waals surface area (Å²) in [6.07, 6.45) is -3.26. The average Bonchev–Trinajstić information content (AvgIpc) is 3.01. The van der Waals surface area contributed by atoms with Gasteiger partial charge in [-0.25, -0.2) is 0 Å². The molecule has 0 radical (unpaired) electrons. The lowest BCUT2D eigenvalue weighted by Gasteiger charge is -2.16. The zero-order valence-corrected chi connectivity index (χ0v) is 14.9. The van der Waals surface area contributed by atoms with E-state index in [9.17, 15) is 22.8 Å². The van der Waals surface area contributed by atoms with E-state index in [1.807, 2.05) is 0 Å². The van der Waals surface area contributed by atoms with Crippen LogP contribution in [0.3, 0.4) is 0 Å². The molecule has 1 heterocycles. The minimum Gasteiger partial charge on any atom is -0.338 e. The Bertz CT molecular complexity index is 866. The summed E-state index contributed by atoms with van der Waals surface area (Å²) in [6, 6.07) is 9.59. The molecule has 1 saturated heterocycles. The van der Waals surface area contributed by atoms with E-state index in [-0.39, 0.29) is 22.2 Å². The number of carbonyl (C=O) groups excluding carboxylic acids is 2. The molecule has 2 aromatic carbocycles. The Hall–Kier alpha value is -2.54. The number of hydrogen-bond acceptors (Lipinski definition) is 2. The number of rotatable bonds is 4. The van der Waals surface area contributed by atoms with Gasteiger partial charge in [-0.05, 0) is 42.3 Å². The lowest BCUT2D eigenvalue weighted by molar-refractivity contribution is -0.137. The van der Waals surface area contributed by atoms with E-state index in [0.29, 0.717) is 19.5 Å². The van der Waals surface area contributed by atoms with E-state index in [0.717, 1.165) is 24.1 Å². The minimum absolute atomic E-state index is 0.0684. The molecule has 0 bridgehead atoms. The standard InChI is InChI=1S/C19H16ClF3N2O2/c20-14-7-8-16(15(10-14)19(21,22)23)24-18(27)13-5-3-12(4-6-13)11-25-9-1-2-17(25)26/h3-8,10H,1-2,9,11H2,(H,24,27). The highest BCUT2D eigenvalue weighted by Gasteiger charge is 2.34. The van der Waals surface area contributed by atoms with Crippen LogP contribution in [0.4, 0.5) is 18.9 Å². The van der Waals surface area contributed by atoms with E-state index in [1.165, 1.54) is 18.2 Å². The number of amides is 2. The molecule has 0 unspecified atom stereocenters. The molecule has 27 heavy (non-hydrogen) atoms. The van der Waals surface area contributed by atoms with Crippen molar-refractivity contribution in [1.29, 1.82) is 0 Å². The molecule has 3 rings (SSSR count). The van der Waals surface area contributed by atoms with Crippen molar-refractivity contribution >= 4 is 29.1 Å². The van der Waals surface area contributed by atoms with Crippen LogP contribution in [0.2, 0.25) is 5.02 Å². The van der Waals surface area contributed by atoms with E-state index in [4.69, 9.17) is 11.6 Å². The van der Waals surface area contributed by atoms with Gasteiger partial charge in [-0.1, -0.05) is 23.7 Å². The number of alkyl halides is 3. The molecule has 2 aromatic rings. The first-order chi connectivity index (χ1) is 12.7. The number of anilines is 1. The molecule has 0 saturated carbocycles. The normalized spacial score (nSPS) is 14.5. The molecular formula is C19H16ClF3N2O2. The van der Waals surface area contributed by atoms with Gasteiger partial charge < -0.3 is 10.2 Å². The number of halogens is 4. The number of benzene rings is 2. The Morgan fingerprint density at radius 2 is 1.85 bits per heavy atom. The summed E-state index contributed by atoms with van der Waals surface area (Å²) in [5, 5.41) is 2.21. The van der Waals surface area contributed by atoms with Gasteiger partial charge in [-0.15, -0.1) is 0 Å². The Balaban J connectivity index is 1.72. The summed E-state index contributed by atoms with van der Waals surface area (Å²) < 4.78 is 39.4. The van der Waals surface area contributed by atoms with Crippen LogP contribution in [0, 0.1) is 0 Å². The first kappa shape index (κ1) is 19.2. The fraction of sp³-hybridized carbons (Fsp3) is 0.263. The maximum absolute atomic E-state index is 13.1. The molecule has 0 aromatic heterocycles. The van der Waals surface area contributed by atoms with E-state index >= 15 is 0 Å². The summed E-state index contributed by atoms with van der Waals surface area (Å²) in [6.45, 7) is 1.16. The number of carbonyl (C=O) groups is 2. The van der Waals surface area contributed by atoms with Crippen molar-refractivity contribution in [3.63, 3.8) is 0 Å². The summed E-state index contributed by atoms with van der Waals surface area (Å²) in [7, 11) is 0. The Morgan fingerprint density at radius 3 is 2.44 bits per heavy atom. The molecule has 1 N–H and O–H groups in total. The van der Waals surface area contributed by atoms with E-state index in [1.54, 1.807) is 17.0 Å². The summed E-state index contributed by atoms with van der Waals surface area (Å²) in [4.78, 5) is 25.7. The second-order valence-corrected chi connectivity index (χ2v) is 6.69. The van der Waals surface area contributed by atoms with Crippen molar-refractivity contribution in [1.82, 2.24) is 4.90 Å². The topological polar surface area (TPSA) is 49.4 Å². The third-order valence-electron chi connectivity index (χ3n) is 4.30. The van der Waals surface area contributed by atoms with Gasteiger partial charge >= 0.3 is 6.18 Å². The van der Waals surface area contributed by atoms with Crippen molar-refractivity contribution in [2.75, 3.05) is 11.9 Å². The lowest BCUT2D eigenvalue weighted by atomic mass is 10.1. The van der Waals surface area contributed by atoms with E-state index < -0.39 is 17.6 Å². The summed E-state index contributed by atoms with van der Waals surface area (Å²) in [5.74, 6) is -0.564. The molecule has 4 nitrogen and oxygen atoms in total. The monoisotopic (exact) mass is 396 g/mol. The van der Waals surface area contributed by atoms with Crippen molar-refractivity contribution < 1.29 is 22.8 Å². The second kappa shape index (κ2) is 7.60. The minimum atomic E-state index is -4.64. The molecule has 0 atom stereocenters. The smallest absolute Gasteiger partial charge is 0.338 e. The molecule has 8 heteroatoms. The highest BCUT2D eigenvalue weighted by Crippen LogP contribution is 2.36. The summed E-state index contributed by atoms with van der Waals surface area (Å²) >= 11 is 5.63.